The van der Waals surface area contributed by atoms with Crippen molar-refractivity contribution in [2.24, 2.45) is 0 Å². The Labute approximate surface area is 124 Å². The van der Waals surface area contributed by atoms with Crippen molar-refractivity contribution in [3.8, 4) is 17.6 Å². The van der Waals surface area contributed by atoms with Crippen LogP contribution in [0.5, 0.6) is 11.5 Å². The zero-order valence-corrected chi connectivity index (χ0v) is 12.8. The highest BCUT2D eigenvalue weighted by Crippen LogP contribution is 2.31. The summed E-state index contributed by atoms with van der Waals surface area (Å²) in [5.41, 5.74) is 0.563. The van der Waals surface area contributed by atoms with E-state index in [4.69, 9.17) is 14.7 Å². The third-order valence-corrected chi connectivity index (χ3v) is 4.32. The number of nitriles is 1. The molecule has 0 spiro atoms. The first-order valence-electron chi connectivity index (χ1n) is 5.76. The van der Waals surface area contributed by atoms with E-state index in [9.17, 15) is 0 Å². The van der Waals surface area contributed by atoms with Gasteiger partial charge < -0.3 is 9.47 Å². The standard InChI is InChI=1S/C14H12BrNO2S/c1-2-17-13-7-10(8-16)3-4-12(13)18-9-14-11(15)5-6-19-14/h3-7H,2,9H2,1H3. The number of hydrogen-bond acceptors (Lipinski definition) is 4. The van der Waals surface area contributed by atoms with Gasteiger partial charge in [0, 0.05) is 10.5 Å². The largest absolute Gasteiger partial charge is 0.490 e. The Morgan fingerprint density at radius 1 is 1.26 bits per heavy atom. The van der Waals surface area contributed by atoms with Gasteiger partial charge in [-0.05, 0) is 46.4 Å². The summed E-state index contributed by atoms with van der Waals surface area (Å²) in [6, 6.07) is 9.27. The molecule has 2 aromatic rings. The quantitative estimate of drug-likeness (QED) is 0.813. The van der Waals surface area contributed by atoms with E-state index in [1.165, 1.54) is 0 Å². The topological polar surface area (TPSA) is 42.2 Å². The molecule has 1 aromatic carbocycles. The van der Waals surface area contributed by atoms with Gasteiger partial charge in [0.1, 0.15) is 6.61 Å². The highest BCUT2D eigenvalue weighted by Gasteiger charge is 2.08. The van der Waals surface area contributed by atoms with Crippen LogP contribution in [0, 0.1) is 11.3 Å². The van der Waals surface area contributed by atoms with Gasteiger partial charge in [-0.1, -0.05) is 0 Å². The number of benzene rings is 1. The molecule has 0 unspecified atom stereocenters. The normalized spacial score (nSPS) is 9.95. The lowest BCUT2D eigenvalue weighted by Crippen LogP contribution is -1.99. The third-order valence-electron chi connectivity index (χ3n) is 2.42. The number of halogens is 1. The molecule has 2 rings (SSSR count). The fourth-order valence-corrected chi connectivity index (χ4v) is 2.91. The first-order chi connectivity index (χ1) is 9.24. The van der Waals surface area contributed by atoms with Gasteiger partial charge in [0.05, 0.1) is 23.1 Å². The number of thiophene rings is 1. The van der Waals surface area contributed by atoms with E-state index in [1.807, 2.05) is 18.4 Å². The molecule has 0 aliphatic rings. The minimum atomic E-state index is 0.476. The smallest absolute Gasteiger partial charge is 0.162 e. The van der Waals surface area contributed by atoms with Crippen LogP contribution < -0.4 is 9.47 Å². The molecule has 0 aliphatic heterocycles. The van der Waals surface area contributed by atoms with E-state index < -0.39 is 0 Å². The number of ether oxygens (including phenoxy) is 2. The predicted octanol–water partition coefficient (Wildman–Crippen LogP) is 4.36. The summed E-state index contributed by atoms with van der Waals surface area (Å²) in [5.74, 6) is 1.26. The average molecular weight is 338 g/mol. The molecule has 0 saturated heterocycles. The van der Waals surface area contributed by atoms with E-state index in [0.717, 1.165) is 9.35 Å². The van der Waals surface area contributed by atoms with Crippen molar-refractivity contribution in [2.45, 2.75) is 13.5 Å². The molecule has 0 amide bonds. The highest BCUT2D eigenvalue weighted by molar-refractivity contribution is 9.10. The molecule has 19 heavy (non-hydrogen) atoms. The van der Waals surface area contributed by atoms with E-state index in [1.54, 1.807) is 29.5 Å². The van der Waals surface area contributed by atoms with Crippen LogP contribution in [0.15, 0.2) is 34.1 Å². The molecule has 1 heterocycles. The highest BCUT2D eigenvalue weighted by atomic mass is 79.9. The van der Waals surface area contributed by atoms with Crippen molar-refractivity contribution >= 4 is 27.3 Å². The summed E-state index contributed by atoms with van der Waals surface area (Å²) >= 11 is 5.10. The maximum absolute atomic E-state index is 8.89. The van der Waals surface area contributed by atoms with Crippen LogP contribution in [0.4, 0.5) is 0 Å². The second-order valence-electron chi connectivity index (χ2n) is 3.69. The summed E-state index contributed by atoms with van der Waals surface area (Å²) in [4.78, 5) is 1.12. The fraction of sp³-hybridized carbons (Fsp3) is 0.214. The Bertz CT molecular complexity index is 604. The zero-order valence-electron chi connectivity index (χ0n) is 10.4. The maximum Gasteiger partial charge on any atom is 0.162 e. The predicted molar refractivity (Wildman–Crippen MR) is 78.7 cm³/mol. The van der Waals surface area contributed by atoms with E-state index >= 15 is 0 Å². The van der Waals surface area contributed by atoms with Crippen molar-refractivity contribution in [2.75, 3.05) is 6.61 Å². The van der Waals surface area contributed by atoms with Crippen molar-refractivity contribution in [3.05, 3.63) is 44.6 Å². The molecule has 0 fully saturated rings. The second-order valence-corrected chi connectivity index (χ2v) is 5.54. The fourth-order valence-electron chi connectivity index (χ4n) is 1.54. The minimum Gasteiger partial charge on any atom is -0.490 e. The monoisotopic (exact) mass is 337 g/mol. The zero-order chi connectivity index (χ0) is 13.7. The lowest BCUT2D eigenvalue weighted by Gasteiger charge is -2.11. The molecule has 0 atom stereocenters. The summed E-state index contributed by atoms with van der Waals surface area (Å²) < 4.78 is 12.3. The van der Waals surface area contributed by atoms with Gasteiger partial charge in [0.15, 0.2) is 11.5 Å². The first kappa shape index (κ1) is 13.9. The first-order valence-corrected chi connectivity index (χ1v) is 7.43. The van der Waals surface area contributed by atoms with Crippen molar-refractivity contribution in [3.63, 3.8) is 0 Å². The Hall–Kier alpha value is -1.51. The van der Waals surface area contributed by atoms with E-state index in [0.29, 0.717) is 30.3 Å². The Morgan fingerprint density at radius 2 is 2.11 bits per heavy atom. The van der Waals surface area contributed by atoms with Crippen molar-refractivity contribution < 1.29 is 9.47 Å². The van der Waals surface area contributed by atoms with Gasteiger partial charge in [0.2, 0.25) is 0 Å². The molecule has 5 heteroatoms. The number of hydrogen-bond donors (Lipinski definition) is 0. The summed E-state index contributed by atoms with van der Waals surface area (Å²) in [6.07, 6.45) is 0. The van der Waals surface area contributed by atoms with Crippen LogP contribution in [0.1, 0.15) is 17.4 Å². The molecule has 1 aromatic heterocycles. The van der Waals surface area contributed by atoms with Crippen LogP contribution in [-0.2, 0) is 6.61 Å². The van der Waals surface area contributed by atoms with Crippen molar-refractivity contribution in [1.82, 2.24) is 0 Å². The third kappa shape index (κ3) is 3.49. The Kier molecular flexibility index (Phi) is 4.83. The lowest BCUT2D eigenvalue weighted by atomic mass is 10.2. The summed E-state index contributed by atoms with van der Waals surface area (Å²) in [5, 5.41) is 10.9. The van der Waals surface area contributed by atoms with Gasteiger partial charge in [-0.15, -0.1) is 11.3 Å². The number of rotatable bonds is 5. The summed E-state index contributed by atoms with van der Waals surface area (Å²) in [7, 11) is 0. The molecule has 0 saturated carbocycles. The van der Waals surface area contributed by atoms with Crippen LogP contribution in [-0.4, -0.2) is 6.61 Å². The minimum absolute atomic E-state index is 0.476. The van der Waals surface area contributed by atoms with Gasteiger partial charge >= 0.3 is 0 Å². The second kappa shape index (κ2) is 6.60. The van der Waals surface area contributed by atoms with Gasteiger partial charge in [-0.2, -0.15) is 5.26 Å². The number of nitrogens with zero attached hydrogens (tertiary/aromatic N) is 1. The molecule has 98 valence electrons. The molecular formula is C14H12BrNO2S. The molecule has 0 bridgehead atoms. The van der Waals surface area contributed by atoms with Gasteiger partial charge in [0.25, 0.3) is 0 Å². The van der Waals surface area contributed by atoms with Crippen LogP contribution in [0.25, 0.3) is 0 Å². The molecule has 0 radical (unpaired) electrons. The molecule has 0 aliphatic carbocycles. The molecular weight excluding hydrogens is 326 g/mol. The SMILES string of the molecule is CCOc1cc(C#N)ccc1OCc1sccc1Br. The lowest BCUT2D eigenvalue weighted by molar-refractivity contribution is 0.271. The van der Waals surface area contributed by atoms with Crippen molar-refractivity contribution in [1.29, 1.82) is 5.26 Å². The maximum atomic E-state index is 8.89. The summed E-state index contributed by atoms with van der Waals surface area (Å²) in [6.45, 7) is 2.91. The van der Waals surface area contributed by atoms with E-state index in [2.05, 4.69) is 22.0 Å². The van der Waals surface area contributed by atoms with Crippen LogP contribution >= 0.6 is 27.3 Å². The van der Waals surface area contributed by atoms with Gasteiger partial charge in [-0.25, -0.2) is 0 Å². The van der Waals surface area contributed by atoms with Crippen LogP contribution in [0.2, 0.25) is 0 Å². The Morgan fingerprint density at radius 3 is 2.74 bits per heavy atom. The van der Waals surface area contributed by atoms with E-state index in [-0.39, 0.29) is 0 Å². The molecule has 3 nitrogen and oxygen atoms in total. The van der Waals surface area contributed by atoms with Crippen LogP contribution in [0.3, 0.4) is 0 Å². The molecule has 0 N–H and O–H groups in total. The van der Waals surface area contributed by atoms with Gasteiger partial charge in [-0.3, -0.25) is 0 Å². The average Bonchev–Trinajstić information content (AvgIpc) is 2.83. The Balaban J connectivity index is 2.15.